The number of hydrogen-bond donors (Lipinski definition) is 0. The van der Waals surface area contributed by atoms with Crippen molar-refractivity contribution in [3.63, 3.8) is 0 Å². The van der Waals surface area contributed by atoms with E-state index in [4.69, 9.17) is 4.79 Å². The molecule has 0 radical (unpaired) electrons. The third-order valence-electron chi connectivity index (χ3n) is 0.0833. The summed E-state index contributed by atoms with van der Waals surface area (Å²) in [5, 5.41) is 0. The molecule has 7 heteroatoms. The predicted octanol–water partition coefficient (Wildman–Crippen LogP) is -14.7. The average molecular weight is 241 g/mol. The Bertz CT molecular complexity index is 42.7. The summed E-state index contributed by atoms with van der Waals surface area (Å²) in [4.78, 5) is 8.93. The first-order valence-corrected chi connectivity index (χ1v) is 0.901. The Morgan fingerprint density at radius 3 is 1.20 bits per heavy atom. The van der Waals surface area contributed by atoms with Gasteiger partial charge in [-0.1, -0.05) is 0 Å². The molecule has 0 aliphatic heterocycles. The summed E-state index contributed by atoms with van der Waals surface area (Å²) < 4.78 is 0. The summed E-state index contributed by atoms with van der Waals surface area (Å²) in [7, 11) is 0. The molecular formula is C3H3Cl3Li2OZn. The van der Waals surface area contributed by atoms with E-state index in [2.05, 4.69) is 6.58 Å². The second-order valence-corrected chi connectivity index (χ2v) is 0.322. The van der Waals surface area contributed by atoms with Gasteiger partial charge in [-0.2, -0.15) is 0 Å². The summed E-state index contributed by atoms with van der Waals surface area (Å²) in [5.41, 5.74) is 0. The van der Waals surface area contributed by atoms with E-state index in [0.717, 1.165) is 6.08 Å². The molecule has 0 rings (SSSR count). The Hall–Kier alpha value is 2.10. The zero-order valence-electron chi connectivity index (χ0n) is 6.03. The molecule has 0 aromatic rings. The molecule has 0 aliphatic rings. The number of rotatable bonds is 1. The fraction of sp³-hybridized carbons (Fsp3) is 0. The van der Waals surface area contributed by atoms with Crippen LogP contribution in [0.3, 0.4) is 0 Å². The maximum Gasteiger partial charge on any atom is 2.00 e. The Kier molecular flexibility index (Phi) is 386. The van der Waals surface area contributed by atoms with E-state index in [1.807, 2.05) is 0 Å². The van der Waals surface area contributed by atoms with Gasteiger partial charge in [0.15, 0.2) is 0 Å². The largest absolute Gasteiger partial charge is 2.00 e. The Morgan fingerprint density at radius 2 is 1.20 bits per heavy atom. The van der Waals surface area contributed by atoms with Gasteiger partial charge < -0.3 is 42.0 Å². The van der Waals surface area contributed by atoms with Gasteiger partial charge in [-0.15, -0.1) is 0 Å². The van der Waals surface area contributed by atoms with Gasteiger partial charge in [0.2, 0.25) is 0 Å². The predicted molar refractivity (Wildman–Crippen MR) is 15.9 cm³/mol. The average Bonchev–Trinajstić information content (AvgIpc) is 1.37. The van der Waals surface area contributed by atoms with E-state index in [-0.39, 0.29) is 94.4 Å². The van der Waals surface area contributed by atoms with E-state index in [1.165, 1.54) is 6.29 Å². The van der Waals surface area contributed by atoms with Crippen molar-refractivity contribution in [3.05, 3.63) is 12.7 Å². The molecule has 0 unspecified atom stereocenters. The van der Waals surface area contributed by atoms with Crippen molar-refractivity contribution >= 4 is 6.29 Å². The molecule has 0 heterocycles. The second-order valence-electron chi connectivity index (χ2n) is 0.322. The van der Waals surface area contributed by atoms with Crippen LogP contribution < -0.4 is 74.9 Å². The van der Waals surface area contributed by atoms with Gasteiger partial charge >= 0.3 is 57.2 Å². The minimum atomic E-state index is 0. The van der Waals surface area contributed by atoms with Crippen molar-refractivity contribution in [1.29, 1.82) is 0 Å². The number of hydrogen-bond acceptors (Lipinski definition) is 1. The molecule has 0 spiro atoms. The van der Waals surface area contributed by atoms with Crippen molar-refractivity contribution in [3.8, 4) is 0 Å². The molecule has 0 saturated carbocycles. The van der Waals surface area contributed by atoms with E-state index < -0.39 is 0 Å². The Balaban J connectivity index is -0.00000000300. The van der Waals surface area contributed by atoms with Crippen molar-refractivity contribution in [2.45, 2.75) is 0 Å². The van der Waals surface area contributed by atoms with Crippen LogP contribution in [0, 0.1) is 0 Å². The summed E-state index contributed by atoms with van der Waals surface area (Å²) >= 11 is 0. The van der Waals surface area contributed by atoms with Gasteiger partial charge in [0, 0.05) is 0 Å². The normalized spacial score (nSPS) is 2.00. The van der Waals surface area contributed by atoms with Gasteiger partial charge in [-0.25, -0.2) is 12.7 Å². The smallest absolute Gasteiger partial charge is 1.00 e. The zero-order valence-corrected chi connectivity index (χ0v) is 11.3. The SMILES string of the molecule is C=C[C-]=O.[Cl-].[Cl-].[Cl-].[Li+].[Li+].[Zn+2]. The van der Waals surface area contributed by atoms with Gasteiger partial charge in [-0.05, 0) is 6.29 Å². The monoisotopic (exact) mass is 238 g/mol. The molecule has 0 bridgehead atoms. The standard InChI is InChI=1S/C3H3O.3ClH.2Li.Zn/c1-2-3-4;;;;;;/h2H,1H2;3*1H;;;/q-1;;;;2*+1;+2/p-3. The van der Waals surface area contributed by atoms with Crippen LogP contribution in [0.1, 0.15) is 0 Å². The van der Waals surface area contributed by atoms with Crippen LogP contribution >= 0.6 is 0 Å². The summed E-state index contributed by atoms with van der Waals surface area (Å²) in [5.74, 6) is 0. The first-order valence-electron chi connectivity index (χ1n) is 0.901. The van der Waals surface area contributed by atoms with Crippen LogP contribution in [0.25, 0.3) is 0 Å². The quantitative estimate of drug-likeness (QED) is 0.253. The van der Waals surface area contributed by atoms with E-state index in [1.54, 1.807) is 0 Å². The summed E-state index contributed by atoms with van der Waals surface area (Å²) in [6, 6.07) is 0. The van der Waals surface area contributed by atoms with Crippen LogP contribution in [-0.2, 0) is 24.3 Å². The van der Waals surface area contributed by atoms with Crippen molar-refractivity contribution in [1.82, 2.24) is 0 Å². The van der Waals surface area contributed by atoms with Crippen LogP contribution in [0.15, 0.2) is 12.7 Å². The second kappa shape index (κ2) is 67.4. The third kappa shape index (κ3) is 87.1. The van der Waals surface area contributed by atoms with Gasteiger partial charge in [-0.3, -0.25) is 0 Å². The fourth-order valence-corrected chi connectivity index (χ4v) is 0. The van der Waals surface area contributed by atoms with Gasteiger partial charge in [0.05, 0.1) is 0 Å². The van der Waals surface area contributed by atoms with Crippen molar-refractivity contribution in [2.75, 3.05) is 0 Å². The first kappa shape index (κ1) is 57.3. The van der Waals surface area contributed by atoms with Gasteiger partial charge in [0.1, 0.15) is 0 Å². The summed E-state index contributed by atoms with van der Waals surface area (Å²) in [6.45, 7) is 3.06. The van der Waals surface area contributed by atoms with E-state index in [0.29, 0.717) is 0 Å². The molecule has 0 aromatic carbocycles. The first-order chi connectivity index (χ1) is 1.91. The van der Waals surface area contributed by atoms with Crippen LogP contribution in [-0.4, -0.2) is 6.29 Å². The van der Waals surface area contributed by atoms with Crippen molar-refractivity contribution in [2.24, 2.45) is 0 Å². The van der Waals surface area contributed by atoms with Crippen LogP contribution in [0.2, 0.25) is 0 Å². The molecule has 10 heavy (non-hydrogen) atoms. The molecule has 0 fully saturated rings. The zero-order chi connectivity index (χ0) is 3.41. The Morgan fingerprint density at radius 1 is 1.10 bits per heavy atom. The molecule has 0 atom stereocenters. The number of halogens is 3. The fourth-order valence-electron chi connectivity index (χ4n) is 0. The molecule has 1 nitrogen and oxygen atoms in total. The Labute approximate surface area is 117 Å². The van der Waals surface area contributed by atoms with Crippen molar-refractivity contribution < 1.29 is 99.2 Å². The molecule has 46 valence electrons. The van der Waals surface area contributed by atoms with Crippen LogP contribution in [0.5, 0.6) is 0 Å². The van der Waals surface area contributed by atoms with E-state index >= 15 is 0 Å². The molecule has 0 N–H and O–H groups in total. The molecule has 0 saturated heterocycles. The third-order valence-corrected chi connectivity index (χ3v) is 0.0833. The number of allylic oxidation sites excluding steroid dienone is 1. The number of carbonyl (C=O) groups excluding carboxylic acids is 1. The minimum absolute atomic E-state index is 0. The minimum Gasteiger partial charge on any atom is -1.00 e. The topological polar surface area (TPSA) is 17.1 Å². The summed E-state index contributed by atoms with van der Waals surface area (Å²) in [6.07, 6.45) is 2.51. The maximum absolute atomic E-state index is 8.93. The van der Waals surface area contributed by atoms with Gasteiger partial charge in [0.25, 0.3) is 0 Å². The van der Waals surface area contributed by atoms with Crippen LogP contribution in [0.4, 0.5) is 0 Å². The molecular weight excluding hydrogens is 238 g/mol. The maximum atomic E-state index is 8.93. The molecule has 0 aliphatic carbocycles. The molecule has 0 aromatic heterocycles. The van der Waals surface area contributed by atoms with E-state index in [9.17, 15) is 0 Å². The molecule has 0 amide bonds.